The van der Waals surface area contributed by atoms with E-state index >= 15 is 0 Å². The molecule has 1 saturated heterocycles. The van der Waals surface area contributed by atoms with E-state index in [-0.39, 0.29) is 43.4 Å². The predicted octanol–water partition coefficient (Wildman–Crippen LogP) is 8.06. The van der Waals surface area contributed by atoms with Crippen molar-refractivity contribution in [1.29, 1.82) is 0 Å². The van der Waals surface area contributed by atoms with Crippen molar-refractivity contribution in [3.63, 3.8) is 0 Å². The smallest absolute Gasteiger partial charge is 0.122 e. The zero-order valence-electron chi connectivity index (χ0n) is 31.9. The van der Waals surface area contributed by atoms with Gasteiger partial charge in [-0.05, 0) is 95.4 Å². The lowest BCUT2D eigenvalue weighted by Crippen LogP contribution is -2.25. The van der Waals surface area contributed by atoms with Gasteiger partial charge in [0.15, 0.2) is 0 Å². The van der Waals surface area contributed by atoms with Crippen LogP contribution in [-0.2, 0) is 15.6 Å². The normalized spacial score (nSPS) is 15.2. The van der Waals surface area contributed by atoms with Crippen LogP contribution < -0.4 is 23.7 Å². The monoisotopic (exact) mass is 732 g/mol. The van der Waals surface area contributed by atoms with Gasteiger partial charge in [0.25, 0.3) is 0 Å². The Morgan fingerprint density at radius 1 is 0.519 bits per heavy atom. The Morgan fingerprint density at radius 2 is 0.852 bits per heavy atom. The van der Waals surface area contributed by atoms with Gasteiger partial charge in [-0.3, -0.25) is 0 Å². The largest absolute Gasteiger partial charge is 0.491 e. The Kier molecular flexibility index (Phi) is 12.5. The Labute approximate surface area is 319 Å². The second kappa shape index (κ2) is 17.4. The third kappa shape index (κ3) is 10.6. The lowest BCUT2D eigenvalue weighted by molar-refractivity contribution is 0.0626. The molecule has 5 aromatic carbocycles. The van der Waals surface area contributed by atoms with Gasteiger partial charge in [0.05, 0.1) is 6.61 Å². The average molecular weight is 733 g/mol. The number of epoxide rings is 1. The lowest BCUT2D eigenvalue weighted by atomic mass is 9.78. The number of hydrogen-bond donors (Lipinski definition) is 2. The van der Waals surface area contributed by atoms with E-state index in [9.17, 15) is 10.2 Å². The van der Waals surface area contributed by atoms with Gasteiger partial charge in [0.2, 0.25) is 0 Å². The molecule has 0 bridgehead atoms. The molecule has 0 amide bonds. The molecule has 1 fully saturated rings. The van der Waals surface area contributed by atoms with Crippen LogP contribution in [-0.4, -0.2) is 68.2 Å². The van der Waals surface area contributed by atoms with Crippen LogP contribution in [0.25, 0.3) is 0 Å². The molecular weight excluding hydrogens is 680 g/mol. The zero-order chi connectivity index (χ0) is 38.1. The number of ether oxygens (including phenoxy) is 6. The van der Waals surface area contributed by atoms with Gasteiger partial charge in [0.1, 0.15) is 80.1 Å². The summed E-state index contributed by atoms with van der Waals surface area (Å²) in [6, 6.07) is 39.8. The second-order valence-electron chi connectivity index (χ2n) is 15.0. The van der Waals surface area contributed by atoms with Crippen LogP contribution in [0.2, 0.25) is 0 Å². The van der Waals surface area contributed by atoms with Crippen LogP contribution >= 0.6 is 0 Å². The minimum absolute atomic E-state index is 0.107. The lowest BCUT2D eigenvalue weighted by Gasteiger charge is -2.27. The number of aliphatic hydroxyl groups is 2. The molecular formula is C46H52O8. The molecule has 0 aliphatic carbocycles. The predicted molar refractivity (Wildman–Crippen MR) is 210 cm³/mol. The Morgan fingerprint density at radius 3 is 1.19 bits per heavy atom. The van der Waals surface area contributed by atoms with E-state index in [0.29, 0.717) is 23.9 Å². The molecule has 0 spiro atoms. The molecule has 3 atom stereocenters. The van der Waals surface area contributed by atoms with Gasteiger partial charge in [-0.15, -0.1) is 0 Å². The number of aryl methyl sites for hydroxylation is 1. The summed E-state index contributed by atoms with van der Waals surface area (Å²) in [6.45, 7) is 12.6. The van der Waals surface area contributed by atoms with Gasteiger partial charge in [-0.25, -0.2) is 0 Å². The van der Waals surface area contributed by atoms with Crippen LogP contribution in [0.4, 0.5) is 0 Å². The molecule has 284 valence electrons. The van der Waals surface area contributed by atoms with E-state index in [1.54, 1.807) is 0 Å². The Bertz CT molecular complexity index is 1900. The van der Waals surface area contributed by atoms with Crippen molar-refractivity contribution in [2.45, 2.75) is 63.8 Å². The highest BCUT2D eigenvalue weighted by molar-refractivity contribution is 5.43. The number of benzene rings is 5. The quantitative estimate of drug-likeness (QED) is 0.0824. The van der Waals surface area contributed by atoms with E-state index in [1.807, 2.05) is 104 Å². The van der Waals surface area contributed by atoms with Gasteiger partial charge in [0, 0.05) is 10.8 Å². The minimum atomic E-state index is -0.799. The molecule has 54 heavy (non-hydrogen) atoms. The maximum absolute atomic E-state index is 10.6. The van der Waals surface area contributed by atoms with E-state index in [1.165, 1.54) is 5.56 Å². The van der Waals surface area contributed by atoms with Crippen LogP contribution in [0.3, 0.4) is 0 Å². The summed E-state index contributed by atoms with van der Waals surface area (Å²) >= 11 is 0. The summed E-state index contributed by atoms with van der Waals surface area (Å²) in [5, 5.41) is 20.9. The summed E-state index contributed by atoms with van der Waals surface area (Å²) in [7, 11) is 0. The Balaban J connectivity index is 0.921. The molecule has 0 radical (unpaired) electrons. The van der Waals surface area contributed by atoms with Crippen molar-refractivity contribution in [3.05, 3.63) is 149 Å². The van der Waals surface area contributed by atoms with Crippen LogP contribution in [0.5, 0.6) is 28.7 Å². The first-order chi connectivity index (χ1) is 26.0. The van der Waals surface area contributed by atoms with E-state index in [4.69, 9.17) is 28.4 Å². The molecule has 8 heteroatoms. The summed E-state index contributed by atoms with van der Waals surface area (Å²) < 4.78 is 34.3. The molecule has 1 aliphatic rings. The van der Waals surface area contributed by atoms with E-state index in [2.05, 4.69) is 52.0 Å². The fourth-order valence-corrected chi connectivity index (χ4v) is 6.13. The average Bonchev–Trinajstić information content (AvgIpc) is 4.02. The van der Waals surface area contributed by atoms with E-state index in [0.717, 1.165) is 40.4 Å². The summed E-state index contributed by atoms with van der Waals surface area (Å²) in [5.41, 5.74) is 5.20. The highest BCUT2D eigenvalue weighted by Gasteiger charge is 2.26. The SMILES string of the molecule is Cc1cccc(OCC(O)COc2ccc(C(C)(C)c3ccc(OCC(O)COc4ccc(C(C)(C)c5ccc(OCC6CO6)cc5)cc4)cc3)cc2)c1. The maximum atomic E-state index is 10.6. The van der Waals surface area contributed by atoms with Crippen LogP contribution in [0.1, 0.15) is 55.5 Å². The first kappa shape index (κ1) is 38.7. The molecule has 5 aromatic rings. The zero-order valence-corrected chi connectivity index (χ0v) is 31.9. The highest BCUT2D eigenvalue weighted by Crippen LogP contribution is 2.35. The molecule has 0 saturated carbocycles. The maximum Gasteiger partial charge on any atom is 0.122 e. The molecule has 0 aromatic heterocycles. The fourth-order valence-electron chi connectivity index (χ4n) is 6.13. The van der Waals surface area contributed by atoms with Gasteiger partial charge in [-0.1, -0.05) is 88.4 Å². The van der Waals surface area contributed by atoms with Gasteiger partial charge < -0.3 is 38.6 Å². The molecule has 3 unspecified atom stereocenters. The van der Waals surface area contributed by atoms with Crippen molar-refractivity contribution in [2.75, 3.05) is 39.6 Å². The first-order valence-electron chi connectivity index (χ1n) is 18.6. The third-order valence-electron chi connectivity index (χ3n) is 9.90. The number of hydrogen-bond acceptors (Lipinski definition) is 8. The van der Waals surface area contributed by atoms with Gasteiger partial charge >= 0.3 is 0 Å². The summed E-state index contributed by atoms with van der Waals surface area (Å²) in [4.78, 5) is 0. The van der Waals surface area contributed by atoms with Crippen molar-refractivity contribution >= 4 is 0 Å². The number of aliphatic hydroxyl groups excluding tert-OH is 2. The molecule has 6 rings (SSSR count). The highest BCUT2D eigenvalue weighted by atomic mass is 16.6. The molecule has 2 N–H and O–H groups in total. The Hall–Kier alpha value is -5.02. The minimum Gasteiger partial charge on any atom is -0.491 e. The first-order valence-corrected chi connectivity index (χ1v) is 18.6. The number of rotatable bonds is 19. The molecule has 1 heterocycles. The standard InChI is InChI=1S/C46H52O8/c1-32-7-6-8-43(25-32)52-29-38(48)28-51-41-21-13-34(14-22-41)45(2,3)33-9-17-39(18-10-33)49-26-37(47)27-50-40-19-11-35(12-20-40)46(4,5)36-15-23-42(24-16-36)53-30-44-31-54-44/h6-25,37-38,44,47-48H,26-31H2,1-5H3. The van der Waals surface area contributed by atoms with Crippen molar-refractivity contribution in [3.8, 4) is 28.7 Å². The fraction of sp³-hybridized carbons (Fsp3) is 0.348. The van der Waals surface area contributed by atoms with Crippen LogP contribution in [0.15, 0.2) is 121 Å². The summed E-state index contributed by atoms with van der Waals surface area (Å²) in [5.74, 6) is 3.61. The molecule has 1 aliphatic heterocycles. The summed E-state index contributed by atoms with van der Waals surface area (Å²) in [6.07, 6.45) is -1.32. The van der Waals surface area contributed by atoms with Crippen molar-refractivity contribution < 1.29 is 38.6 Å². The second-order valence-corrected chi connectivity index (χ2v) is 15.0. The van der Waals surface area contributed by atoms with Crippen molar-refractivity contribution in [1.82, 2.24) is 0 Å². The third-order valence-corrected chi connectivity index (χ3v) is 9.90. The topological polar surface area (TPSA) is 99.1 Å². The van der Waals surface area contributed by atoms with Crippen molar-refractivity contribution in [2.24, 2.45) is 0 Å². The van der Waals surface area contributed by atoms with Crippen LogP contribution in [0, 0.1) is 6.92 Å². The molecule has 8 nitrogen and oxygen atoms in total. The van der Waals surface area contributed by atoms with Gasteiger partial charge in [-0.2, -0.15) is 0 Å². The van der Waals surface area contributed by atoms with E-state index < -0.39 is 12.2 Å².